The van der Waals surface area contributed by atoms with E-state index in [1.54, 1.807) is 7.05 Å². The third-order valence-corrected chi connectivity index (χ3v) is 4.98. The van der Waals surface area contributed by atoms with Crippen LogP contribution in [0.3, 0.4) is 0 Å². The number of hydrogen-bond acceptors (Lipinski definition) is 2. The molecule has 1 amide bonds. The molecule has 0 unspecified atom stereocenters. The van der Waals surface area contributed by atoms with Crippen molar-refractivity contribution in [2.45, 2.75) is 47.0 Å². The number of nitrogens with zero attached hydrogens (tertiary/aromatic N) is 2. The molecule has 0 bridgehead atoms. The first-order valence-electron chi connectivity index (χ1n) is 8.02. The highest BCUT2D eigenvalue weighted by Gasteiger charge is 2.36. The Morgan fingerprint density at radius 1 is 1.33 bits per heavy atom. The zero-order chi connectivity index (χ0) is 16.1. The number of amides is 1. The Kier molecular flexibility index (Phi) is 6.05. The van der Waals surface area contributed by atoms with Crippen molar-refractivity contribution in [2.24, 2.45) is 15.8 Å². The molecule has 0 atom stereocenters. The number of likely N-dealkylation sites (tertiary alicyclic amines) is 1. The van der Waals surface area contributed by atoms with Crippen LogP contribution in [0.4, 0.5) is 0 Å². The summed E-state index contributed by atoms with van der Waals surface area (Å²) in [7, 11) is 3.49. The maximum absolute atomic E-state index is 11.8. The molecule has 0 spiro atoms. The number of rotatable bonds is 5. The van der Waals surface area contributed by atoms with E-state index in [0.29, 0.717) is 12.0 Å². The summed E-state index contributed by atoms with van der Waals surface area (Å²) >= 11 is 0. The van der Waals surface area contributed by atoms with E-state index in [1.807, 2.05) is 20.9 Å². The summed E-state index contributed by atoms with van der Waals surface area (Å²) in [4.78, 5) is 18.6. The van der Waals surface area contributed by atoms with E-state index in [2.05, 4.69) is 34.4 Å². The van der Waals surface area contributed by atoms with Gasteiger partial charge in [0.2, 0.25) is 5.91 Å². The lowest BCUT2D eigenvalue weighted by Crippen LogP contribution is -2.48. The summed E-state index contributed by atoms with van der Waals surface area (Å²) < 4.78 is 0. The Labute approximate surface area is 129 Å². The van der Waals surface area contributed by atoms with Crippen LogP contribution in [0.2, 0.25) is 0 Å². The van der Waals surface area contributed by atoms with Crippen LogP contribution in [0, 0.1) is 10.8 Å². The van der Waals surface area contributed by atoms with Crippen LogP contribution >= 0.6 is 0 Å². The van der Waals surface area contributed by atoms with Gasteiger partial charge < -0.3 is 15.5 Å². The molecule has 1 heterocycles. The van der Waals surface area contributed by atoms with Gasteiger partial charge in [0.25, 0.3) is 0 Å². The third-order valence-electron chi connectivity index (χ3n) is 4.98. The predicted octanol–water partition coefficient (Wildman–Crippen LogP) is 1.85. The number of carbonyl (C=O) groups is 1. The molecule has 5 heteroatoms. The summed E-state index contributed by atoms with van der Waals surface area (Å²) in [6.07, 6.45) is 3.64. The van der Waals surface area contributed by atoms with E-state index in [1.165, 1.54) is 19.3 Å². The number of aliphatic imine (C=N–C) groups is 1. The highest BCUT2D eigenvalue weighted by molar-refractivity contribution is 5.84. The lowest BCUT2D eigenvalue weighted by atomic mass is 9.82. The molecule has 1 aliphatic heterocycles. The Bertz CT molecular complexity index is 386. The van der Waals surface area contributed by atoms with Crippen LogP contribution in [-0.4, -0.2) is 50.5 Å². The zero-order valence-corrected chi connectivity index (χ0v) is 14.5. The summed E-state index contributed by atoms with van der Waals surface area (Å²) in [5.41, 5.74) is -0.0229. The van der Waals surface area contributed by atoms with Gasteiger partial charge in [-0.3, -0.25) is 9.79 Å². The van der Waals surface area contributed by atoms with Crippen LogP contribution in [0.25, 0.3) is 0 Å². The SMILES string of the molecule is CCC1(CC)CCN(C(=NC)NCC(C)(C)C(=O)NC)C1. The fourth-order valence-electron chi connectivity index (χ4n) is 2.99. The van der Waals surface area contributed by atoms with Crippen molar-refractivity contribution >= 4 is 11.9 Å². The number of carbonyl (C=O) groups excluding carboxylic acids is 1. The Balaban J connectivity index is 2.64. The van der Waals surface area contributed by atoms with E-state index >= 15 is 0 Å². The van der Waals surface area contributed by atoms with Crippen molar-refractivity contribution < 1.29 is 4.79 Å². The quantitative estimate of drug-likeness (QED) is 0.601. The molecule has 1 aliphatic rings. The molecule has 0 radical (unpaired) electrons. The van der Waals surface area contributed by atoms with Crippen molar-refractivity contribution in [1.82, 2.24) is 15.5 Å². The minimum atomic E-state index is -0.447. The third kappa shape index (κ3) is 4.11. The normalized spacial score (nSPS) is 18.8. The molecular formula is C16H32N4O. The van der Waals surface area contributed by atoms with Gasteiger partial charge in [0, 0.05) is 33.7 Å². The van der Waals surface area contributed by atoms with Gasteiger partial charge in [-0.1, -0.05) is 13.8 Å². The minimum absolute atomic E-state index is 0.0448. The van der Waals surface area contributed by atoms with E-state index in [4.69, 9.17) is 0 Å². The van der Waals surface area contributed by atoms with Crippen LogP contribution in [0.15, 0.2) is 4.99 Å². The van der Waals surface area contributed by atoms with Crippen LogP contribution < -0.4 is 10.6 Å². The largest absolute Gasteiger partial charge is 0.359 e. The Morgan fingerprint density at radius 2 is 1.95 bits per heavy atom. The summed E-state index contributed by atoms with van der Waals surface area (Å²) in [5.74, 6) is 0.957. The van der Waals surface area contributed by atoms with Gasteiger partial charge in [-0.15, -0.1) is 0 Å². The monoisotopic (exact) mass is 296 g/mol. The average molecular weight is 296 g/mol. The Hall–Kier alpha value is -1.26. The molecule has 0 aromatic heterocycles. The first-order valence-corrected chi connectivity index (χ1v) is 8.02. The van der Waals surface area contributed by atoms with E-state index in [9.17, 15) is 4.79 Å². The minimum Gasteiger partial charge on any atom is -0.359 e. The second-order valence-electron chi connectivity index (χ2n) is 6.74. The van der Waals surface area contributed by atoms with Gasteiger partial charge in [0.15, 0.2) is 5.96 Å². The molecular weight excluding hydrogens is 264 g/mol. The molecule has 0 aromatic rings. The van der Waals surface area contributed by atoms with Gasteiger partial charge in [-0.05, 0) is 38.5 Å². The second kappa shape index (κ2) is 7.14. The lowest BCUT2D eigenvalue weighted by Gasteiger charge is -2.30. The molecule has 0 aliphatic carbocycles. The predicted molar refractivity (Wildman–Crippen MR) is 88.4 cm³/mol. The molecule has 1 rings (SSSR count). The Morgan fingerprint density at radius 3 is 2.38 bits per heavy atom. The van der Waals surface area contributed by atoms with Gasteiger partial charge in [0.05, 0.1) is 5.41 Å². The summed E-state index contributed by atoms with van der Waals surface area (Å²) in [6, 6.07) is 0. The maximum atomic E-state index is 11.8. The first kappa shape index (κ1) is 17.8. The van der Waals surface area contributed by atoms with Crippen LogP contribution in [0.1, 0.15) is 47.0 Å². The molecule has 5 nitrogen and oxygen atoms in total. The van der Waals surface area contributed by atoms with Crippen molar-refractivity contribution in [3.8, 4) is 0 Å². The molecule has 0 aromatic carbocycles. The number of guanidine groups is 1. The topological polar surface area (TPSA) is 56.7 Å². The average Bonchev–Trinajstić information content (AvgIpc) is 2.92. The fourth-order valence-corrected chi connectivity index (χ4v) is 2.99. The van der Waals surface area contributed by atoms with Gasteiger partial charge in [-0.2, -0.15) is 0 Å². The standard InChI is InChI=1S/C16H32N4O/c1-7-16(8-2)9-10-20(12-16)14(18-6)19-11-15(3,4)13(21)17-5/h7-12H2,1-6H3,(H,17,21)(H,18,19). The number of nitrogens with one attached hydrogen (secondary N) is 2. The second-order valence-corrected chi connectivity index (χ2v) is 6.74. The maximum Gasteiger partial charge on any atom is 0.227 e. The van der Waals surface area contributed by atoms with E-state index < -0.39 is 5.41 Å². The summed E-state index contributed by atoms with van der Waals surface area (Å²) in [6.45, 7) is 11.1. The van der Waals surface area contributed by atoms with Gasteiger partial charge >= 0.3 is 0 Å². The van der Waals surface area contributed by atoms with E-state index in [-0.39, 0.29) is 5.91 Å². The van der Waals surface area contributed by atoms with Crippen molar-refractivity contribution in [3.05, 3.63) is 0 Å². The lowest BCUT2D eigenvalue weighted by molar-refractivity contribution is -0.128. The first-order chi connectivity index (χ1) is 9.84. The van der Waals surface area contributed by atoms with Crippen molar-refractivity contribution in [1.29, 1.82) is 0 Å². The fraction of sp³-hybridized carbons (Fsp3) is 0.875. The zero-order valence-electron chi connectivity index (χ0n) is 14.5. The van der Waals surface area contributed by atoms with Crippen LogP contribution in [0.5, 0.6) is 0 Å². The van der Waals surface area contributed by atoms with Gasteiger partial charge in [-0.25, -0.2) is 0 Å². The highest BCUT2D eigenvalue weighted by atomic mass is 16.2. The van der Waals surface area contributed by atoms with Crippen molar-refractivity contribution in [3.63, 3.8) is 0 Å². The molecule has 0 saturated carbocycles. The number of hydrogen-bond donors (Lipinski definition) is 2. The smallest absolute Gasteiger partial charge is 0.227 e. The molecule has 21 heavy (non-hydrogen) atoms. The highest BCUT2D eigenvalue weighted by Crippen LogP contribution is 2.36. The van der Waals surface area contributed by atoms with Crippen molar-refractivity contribution in [2.75, 3.05) is 33.7 Å². The molecule has 122 valence electrons. The molecule has 2 N–H and O–H groups in total. The summed E-state index contributed by atoms with van der Waals surface area (Å²) in [5, 5.41) is 6.08. The van der Waals surface area contributed by atoms with E-state index in [0.717, 1.165) is 19.0 Å². The van der Waals surface area contributed by atoms with Gasteiger partial charge in [0.1, 0.15) is 0 Å². The van der Waals surface area contributed by atoms with Crippen LogP contribution in [-0.2, 0) is 4.79 Å². The molecule has 1 saturated heterocycles. The molecule has 1 fully saturated rings.